The van der Waals surface area contributed by atoms with Crippen LogP contribution in [0, 0.1) is 0 Å². The molecule has 3 N–H and O–H groups in total. The lowest BCUT2D eigenvalue weighted by Gasteiger charge is -2.13. The summed E-state index contributed by atoms with van der Waals surface area (Å²) in [4.78, 5) is 21.6. The molecule has 0 saturated carbocycles. The van der Waals surface area contributed by atoms with Crippen LogP contribution in [0.1, 0.15) is 13.8 Å². The van der Waals surface area contributed by atoms with Gasteiger partial charge in [0.15, 0.2) is 0 Å². The Morgan fingerprint density at radius 1 is 1.33 bits per heavy atom. The van der Waals surface area contributed by atoms with Crippen molar-refractivity contribution < 1.29 is 27.9 Å². The average molecular weight is 316 g/mol. The number of amides is 1. The van der Waals surface area contributed by atoms with Gasteiger partial charge in [-0.3, -0.25) is 9.59 Å². The van der Waals surface area contributed by atoms with Crippen LogP contribution in [-0.2, 0) is 19.6 Å². The van der Waals surface area contributed by atoms with Crippen molar-refractivity contribution in [2.45, 2.75) is 24.8 Å². The van der Waals surface area contributed by atoms with Crippen LogP contribution in [0.15, 0.2) is 23.1 Å². The number of anilines is 1. The zero-order valence-corrected chi connectivity index (χ0v) is 12.5. The maximum absolute atomic E-state index is 12.1. The van der Waals surface area contributed by atoms with Crippen LogP contribution in [-0.4, -0.2) is 38.6 Å². The minimum absolute atomic E-state index is 0.177. The molecule has 9 heteroatoms. The van der Waals surface area contributed by atoms with Gasteiger partial charge in [-0.25, -0.2) is 8.42 Å². The number of carbonyl (C=O) groups excluding carboxylic acids is 1. The molecule has 0 aliphatic rings. The highest BCUT2D eigenvalue weighted by atomic mass is 32.2. The lowest BCUT2D eigenvalue weighted by atomic mass is 10.3. The summed E-state index contributed by atoms with van der Waals surface area (Å²) in [6.45, 7) is 2.48. The molecule has 1 rings (SSSR count). The van der Waals surface area contributed by atoms with Crippen molar-refractivity contribution in [3.8, 4) is 5.75 Å². The zero-order chi connectivity index (χ0) is 16.2. The van der Waals surface area contributed by atoms with Gasteiger partial charge in [0.2, 0.25) is 15.9 Å². The zero-order valence-electron chi connectivity index (χ0n) is 11.7. The van der Waals surface area contributed by atoms with Gasteiger partial charge in [0.1, 0.15) is 11.8 Å². The molecule has 0 radical (unpaired) electrons. The van der Waals surface area contributed by atoms with Crippen molar-refractivity contribution in [2.75, 3.05) is 12.4 Å². The smallest absolute Gasteiger partial charge is 0.321 e. The number of sulfonamides is 1. The first kappa shape index (κ1) is 16.9. The normalized spacial score (nSPS) is 12.5. The Labute approximate surface area is 122 Å². The number of hydrogen-bond acceptors (Lipinski definition) is 5. The number of hydrogen-bond donors (Lipinski definition) is 3. The fourth-order valence-corrected chi connectivity index (χ4v) is 2.72. The summed E-state index contributed by atoms with van der Waals surface area (Å²) >= 11 is 0. The largest absolute Gasteiger partial charge is 0.495 e. The molecule has 1 aromatic carbocycles. The Morgan fingerprint density at radius 2 is 1.95 bits per heavy atom. The summed E-state index contributed by atoms with van der Waals surface area (Å²) in [6.07, 6.45) is 0. The second-order valence-corrected chi connectivity index (χ2v) is 5.94. The Morgan fingerprint density at radius 3 is 2.43 bits per heavy atom. The first-order chi connectivity index (χ1) is 9.67. The molecule has 0 spiro atoms. The number of rotatable bonds is 6. The number of ether oxygens (including phenoxy) is 1. The number of carbonyl (C=O) groups is 2. The van der Waals surface area contributed by atoms with E-state index in [-0.39, 0.29) is 16.3 Å². The first-order valence-electron chi connectivity index (χ1n) is 5.88. The molecule has 0 unspecified atom stereocenters. The van der Waals surface area contributed by atoms with Gasteiger partial charge in [0.25, 0.3) is 0 Å². The highest BCUT2D eigenvalue weighted by Crippen LogP contribution is 2.27. The van der Waals surface area contributed by atoms with Gasteiger partial charge in [-0.05, 0) is 25.1 Å². The van der Waals surface area contributed by atoms with Crippen LogP contribution < -0.4 is 14.8 Å². The Balaban J connectivity index is 3.18. The van der Waals surface area contributed by atoms with Crippen molar-refractivity contribution in [2.24, 2.45) is 0 Å². The van der Waals surface area contributed by atoms with Crippen molar-refractivity contribution in [1.82, 2.24) is 4.72 Å². The van der Waals surface area contributed by atoms with Crippen LogP contribution in [0.5, 0.6) is 5.75 Å². The van der Waals surface area contributed by atoms with E-state index >= 15 is 0 Å². The number of carboxylic acid groups (broad SMARTS) is 1. The molecule has 1 atom stereocenters. The topological polar surface area (TPSA) is 122 Å². The lowest BCUT2D eigenvalue weighted by molar-refractivity contribution is -0.138. The van der Waals surface area contributed by atoms with Gasteiger partial charge in [-0.1, -0.05) is 0 Å². The minimum Gasteiger partial charge on any atom is -0.495 e. The molecule has 0 bridgehead atoms. The predicted molar refractivity (Wildman–Crippen MR) is 74.7 cm³/mol. The van der Waals surface area contributed by atoms with Gasteiger partial charge in [-0.2, -0.15) is 4.72 Å². The summed E-state index contributed by atoms with van der Waals surface area (Å²) in [5, 5.41) is 11.2. The highest BCUT2D eigenvalue weighted by molar-refractivity contribution is 7.89. The Kier molecular flexibility index (Phi) is 5.28. The van der Waals surface area contributed by atoms with Crippen LogP contribution >= 0.6 is 0 Å². The van der Waals surface area contributed by atoms with E-state index in [4.69, 9.17) is 9.84 Å². The van der Waals surface area contributed by atoms with E-state index in [1.165, 1.54) is 39.2 Å². The van der Waals surface area contributed by atoms with E-state index in [0.717, 1.165) is 0 Å². The molecule has 0 fully saturated rings. The predicted octanol–water partition coefficient (Wildman–Crippen LogP) is 0.405. The second kappa shape index (κ2) is 6.55. The van der Waals surface area contributed by atoms with Crippen LogP contribution in [0.3, 0.4) is 0 Å². The molecule has 1 amide bonds. The minimum atomic E-state index is -4.03. The van der Waals surface area contributed by atoms with Gasteiger partial charge in [-0.15, -0.1) is 0 Å². The quantitative estimate of drug-likeness (QED) is 0.698. The molecule has 0 heterocycles. The van der Waals surface area contributed by atoms with E-state index in [2.05, 4.69) is 5.32 Å². The number of benzene rings is 1. The fraction of sp³-hybridized carbons (Fsp3) is 0.333. The summed E-state index contributed by atoms with van der Waals surface area (Å²) in [5.41, 5.74) is 0.177. The maximum atomic E-state index is 12.1. The van der Waals surface area contributed by atoms with E-state index < -0.39 is 27.9 Å². The van der Waals surface area contributed by atoms with Crippen molar-refractivity contribution in [3.63, 3.8) is 0 Å². The van der Waals surface area contributed by atoms with Crippen LogP contribution in [0.25, 0.3) is 0 Å². The SMILES string of the molecule is COc1ccc(S(=O)(=O)N[C@H](C)C(=O)O)cc1NC(C)=O. The van der Waals surface area contributed by atoms with Crippen LogP contribution in [0.4, 0.5) is 5.69 Å². The van der Waals surface area contributed by atoms with Crippen molar-refractivity contribution in [1.29, 1.82) is 0 Å². The molecular formula is C12H16N2O6S. The van der Waals surface area contributed by atoms with Gasteiger partial charge >= 0.3 is 5.97 Å². The third-order valence-corrected chi connectivity index (χ3v) is 4.03. The van der Waals surface area contributed by atoms with Gasteiger partial charge < -0.3 is 15.2 Å². The molecule has 21 heavy (non-hydrogen) atoms. The Bertz CT molecular complexity index is 656. The van der Waals surface area contributed by atoms with Crippen molar-refractivity contribution in [3.05, 3.63) is 18.2 Å². The lowest BCUT2D eigenvalue weighted by Crippen LogP contribution is -2.38. The standard InChI is InChI=1S/C12H16N2O6S/c1-7(12(16)17)14-21(18,19)9-4-5-11(20-3)10(6-9)13-8(2)15/h4-7,14H,1-3H3,(H,13,15)(H,16,17)/t7-/m1/s1. The van der Waals surface area contributed by atoms with E-state index in [1.54, 1.807) is 0 Å². The summed E-state index contributed by atoms with van der Waals surface area (Å²) in [7, 11) is -2.65. The average Bonchev–Trinajstić information content (AvgIpc) is 2.37. The molecule has 0 saturated heterocycles. The van der Waals surface area contributed by atoms with E-state index in [9.17, 15) is 18.0 Å². The Hall–Kier alpha value is -2.13. The van der Waals surface area contributed by atoms with Crippen molar-refractivity contribution >= 4 is 27.6 Å². The third kappa shape index (κ3) is 4.43. The van der Waals surface area contributed by atoms with E-state index in [0.29, 0.717) is 0 Å². The fourth-order valence-electron chi connectivity index (χ4n) is 1.49. The number of methoxy groups -OCH3 is 1. The number of carboxylic acids is 1. The molecule has 116 valence electrons. The monoisotopic (exact) mass is 316 g/mol. The number of nitrogens with one attached hydrogen (secondary N) is 2. The van der Waals surface area contributed by atoms with E-state index in [1.807, 2.05) is 4.72 Å². The molecule has 1 aromatic rings. The molecule has 0 aliphatic carbocycles. The molecule has 0 aromatic heterocycles. The maximum Gasteiger partial charge on any atom is 0.321 e. The summed E-state index contributed by atoms with van der Waals surface area (Å²) in [6, 6.07) is 2.53. The van der Waals surface area contributed by atoms with Gasteiger partial charge in [0.05, 0.1) is 17.7 Å². The highest BCUT2D eigenvalue weighted by Gasteiger charge is 2.22. The molecule has 8 nitrogen and oxygen atoms in total. The summed E-state index contributed by atoms with van der Waals surface area (Å²) in [5.74, 6) is -1.40. The molecule has 0 aliphatic heterocycles. The van der Waals surface area contributed by atoms with Crippen LogP contribution in [0.2, 0.25) is 0 Å². The molecular weight excluding hydrogens is 300 g/mol. The third-order valence-electron chi connectivity index (χ3n) is 2.49. The number of aliphatic carboxylic acids is 1. The first-order valence-corrected chi connectivity index (χ1v) is 7.36. The second-order valence-electron chi connectivity index (χ2n) is 4.22. The summed E-state index contributed by atoms with van der Waals surface area (Å²) < 4.78 is 31.1. The van der Waals surface area contributed by atoms with Gasteiger partial charge in [0, 0.05) is 6.92 Å².